The lowest BCUT2D eigenvalue weighted by Crippen LogP contribution is -2.27. The van der Waals surface area contributed by atoms with Gasteiger partial charge < -0.3 is 4.74 Å². The Bertz CT molecular complexity index is 420. The highest BCUT2D eigenvalue weighted by molar-refractivity contribution is 5.69. The maximum atomic E-state index is 5.70. The molecular formula is C11H8O. The molecule has 1 fully saturated rings. The molecule has 5 rings (SSSR count). The molecule has 0 N–H and O–H groups in total. The van der Waals surface area contributed by atoms with E-state index < -0.39 is 0 Å². The Labute approximate surface area is 70.7 Å². The van der Waals surface area contributed by atoms with Crippen LogP contribution in [0.2, 0.25) is 0 Å². The van der Waals surface area contributed by atoms with Gasteiger partial charge in [0.1, 0.15) is 5.76 Å². The maximum Gasteiger partial charge on any atom is 0.211 e. The molecule has 1 aliphatic heterocycles. The smallest absolute Gasteiger partial charge is 0.211 e. The Morgan fingerprint density at radius 2 is 2.17 bits per heavy atom. The standard InChI is InChI=1S/C11H8O/c1-2-8-4-7-5-9(6-7)11(8)10(3-1)12-11/h2-5H,1,6H2. The van der Waals surface area contributed by atoms with Gasteiger partial charge in [0.2, 0.25) is 5.60 Å². The third-order valence-electron chi connectivity index (χ3n) is 3.16. The minimum absolute atomic E-state index is 0.0278. The van der Waals surface area contributed by atoms with Crippen LogP contribution in [0.15, 0.2) is 46.8 Å². The first kappa shape index (κ1) is 5.41. The number of epoxide rings is 1. The Morgan fingerprint density at radius 3 is 3.00 bits per heavy atom. The van der Waals surface area contributed by atoms with Crippen LogP contribution in [0, 0.1) is 0 Å². The molecule has 0 aromatic carbocycles. The van der Waals surface area contributed by atoms with Crippen LogP contribution in [0.1, 0.15) is 12.8 Å². The second-order valence-electron chi connectivity index (χ2n) is 3.81. The van der Waals surface area contributed by atoms with Crippen molar-refractivity contribution in [3.63, 3.8) is 0 Å². The third-order valence-corrected chi connectivity index (χ3v) is 3.16. The summed E-state index contributed by atoms with van der Waals surface area (Å²) in [6.07, 6.45) is 11.2. The molecule has 1 unspecified atom stereocenters. The van der Waals surface area contributed by atoms with Gasteiger partial charge in [-0.25, -0.2) is 0 Å². The fourth-order valence-electron chi connectivity index (χ4n) is 2.47. The van der Waals surface area contributed by atoms with Crippen molar-refractivity contribution in [1.29, 1.82) is 0 Å². The van der Waals surface area contributed by atoms with E-state index in [9.17, 15) is 0 Å². The normalized spacial score (nSPS) is 38.7. The zero-order valence-electron chi connectivity index (χ0n) is 6.63. The molecule has 0 radical (unpaired) electrons. The van der Waals surface area contributed by atoms with Crippen LogP contribution in [0.25, 0.3) is 0 Å². The van der Waals surface area contributed by atoms with Crippen molar-refractivity contribution in [2.75, 3.05) is 0 Å². The molecular weight excluding hydrogens is 148 g/mol. The summed E-state index contributed by atoms with van der Waals surface area (Å²) in [5, 5.41) is 0. The molecule has 1 atom stereocenters. The summed E-state index contributed by atoms with van der Waals surface area (Å²) in [5.41, 5.74) is 4.30. The summed E-state index contributed by atoms with van der Waals surface area (Å²) < 4.78 is 5.70. The van der Waals surface area contributed by atoms with E-state index in [0.29, 0.717) is 0 Å². The lowest BCUT2D eigenvalue weighted by Gasteiger charge is -2.30. The van der Waals surface area contributed by atoms with Gasteiger partial charge in [-0.05, 0) is 30.1 Å². The van der Waals surface area contributed by atoms with Gasteiger partial charge in [0, 0.05) is 5.57 Å². The molecule has 0 aromatic rings. The largest absolute Gasteiger partial charge is 0.470 e. The van der Waals surface area contributed by atoms with Crippen molar-refractivity contribution < 1.29 is 4.74 Å². The molecule has 1 heterocycles. The third kappa shape index (κ3) is 0.370. The maximum absolute atomic E-state index is 5.70. The molecule has 1 heteroatoms. The van der Waals surface area contributed by atoms with E-state index in [0.717, 1.165) is 12.8 Å². The van der Waals surface area contributed by atoms with Crippen LogP contribution in [0.3, 0.4) is 0 Å². The zero-order valence-corrected chi connectivity index (χ0v) is 6.63. The number of hydrogen-bond donors (Lipinski definition) is 0. The number of ether oxygens (including phenoxy) is 1. The van der Waals surface area contributed by atoms with E-state index in [-0.39, 0.29) is 5.60 Å². The Kier molecular flexibility index (Phi) is 0.598. The zero-order chi connectivity index (χ0) is 7.76. The van der Waals surface area contributed by atoms with Gasteiger partial charge in [0.25, 0.3) is 0 Å². The van der Waals surface area contributed by atoms with Gasteiger partial charge in [-0.15, -0.1) is 0 Å². The first-order valence-electron chi connectivity index (χ1n) is 4.41. The van der Waals surface area contributed by atoms with Gasteiger partial charge in [-0.1, -0.05) is 18.2 Å². The van der Waals surface area contributed by atoms with E-state index >= 15 is 0 Å². The van der Waals surface area contributed by atoms with Gasteiger partial charge >= 0.3 is 0 Å². The minimum atomic E-state index is -0.0278. The van der Waals surface area contributed by atoms with E-state index in [1.54, 1.807) is 0 Å². The van der Waals surface area contributed by atoms with Crippen molar-refractivity contribution in [2.24, 2.45) is 0 Å². The van der Waals surface area contributed by atoms with Crippen molar-refractivity contribution in [1.82, 2.24) is 0 Å². The highest BCUT2D eigenvalue weighted by Gasteiger charge is 2.61. The highest BCUT2D eigenvalue weighted by atomic mass is 16.6. The molecule has 0 saturated carbocycles. The summed E-state index contributed by atoms with van der Waals surface area (Å²) in [7, 11) is 0. The number of allylic oxidation sites excluding steroid dienone is 4. The first-order chi connectivity index (χ1) is 5.89. The average Bonchev–Trinajstić information content (AvgIpc) is 2.72. The topological polar surface area (TPSA) is 12.5 Å². The molecule has 0 amide bonds. The van der Waals surface area contributed by atoms with Gasteiger partial charge in [-0.2, -0.15) is 0 Å². The number of rotatable bonds is 0. The average molecular weight is 156 g/mol. The molecule has 1 spiro atoms. The van der Waals surface area contributed by atoms with Crippen molar-refractivity contribution in [3.05, 3.63) is 46.8 Å². The lowest BCUT2D eigenvalue weighted by atomic mass is 9.71. The SMILES string of the molecule is C1=C2C=C(C2)C23OC2=CCC=C13. The van der Waals surface area contributed by atoms with Crippen molar-refractivity contribution in [3.8, 4) is 0 Å². The van der Waals surface area contributed by atoms with Crippen molar-refractivity contribution in [2.45, 2.75) is 18.4 Å². The molecule has 12 heavy (non-hydrogen) atoms. The molecule has 0 aromatic heterocycles. The predicted molar refractivity (Wildman–Crippen MR) is 45.4 cm³/mol. The van der Waals surface area contributed by atoms with Crippen LogP contribution < -0.4 is 0 Å². The second kappa shape index (κ2) is 1.33. The van der Waals surface area contributed by atoms with Crippen LogP contribution in [0.5, 0.6) is 0 Å². The fraction of sp³-hybridized carbons (Fsp3) is 0.273. The van der Waals surface area contributed by atoms with Gasteiger partial charge in [0.15, 0.2) is 0 Å². The summed E-state index contributed by atoms with van der Waals surface area (Å²) in [4.78, 5) is 0. The molecule has 1 saturated heterocycles. The molecule has 5 aliphatic rings. The lowest BCUT2D eigenvalue weighted by molar-refractivity contribution is 0.376. The van der Waals surface area contributed by atoms with Crippen LogP contribution in [0.4, 0.5) is 0 Å². The summed E-state index contributed by atoms with van der Waals surface area (Å²) in [6.45, 7) is 0. The highest BCUT2D eigenvalue weighted by Crippen LogP contribution is 2.61. The molecule has 4 aliphatic carbocycles. The predicted octanol–water partition coefficient (Wildman–Crippen LogP) is 2.24. The van der Waals surface area contributed by atoms with Crippen molar-refractivity contribution >= 4 is 0 Å². The van der Waals surface area contributed by atoms with Crippen LogP contribution >= 0.6 is 0 Å². The minimum Gasteiger partial charge on any atom is -0.470 e. The molecule has 2 bridgehead atoms. The van der Waals surface area contributed by atoms with Gasteiger partial charge in [0.05, 0.1) is 0 Å². The Morgan fingerprint density at radius 1 is 1.25 bits per heavy atom. The monoisotopic (exact) mass is 156 g/mol. The van der Waals surface area contributed by atoms with E-state index in [1.807, 2.05) is 0 Å². The first-order valence-corrected chi connectivity index (χ1v) is 4.41. The van der Waals surface area contributed by atoms with Crippen LogP contribution in [-0.4, -0.2) is 5.60 Å². The summed E-state index contributed by atoms with van der Waals surface area (Å²) in [6, 6.07) is 0. The van der Waals surface area contributed by atoms with E-state index in [1.165, 1.54) is 22.5 Å². The Hall–Kier alpha value is -1.24. The second-order valence-corrected chi connectivity index (χ2v) is 3.81. The van der Waals surface area contributed by atoms with Crippen LogP contribution in [-0.2, 0) is 4.74 Å². The van der Waals surface area contributed by atoms with E-state index in [4.69, 9.17) is 4.74 Å². The molecule has 1 nitrogen and oxygen atoms in total. The fourth-order valence-corrected chi connectivity index (χ4v) is 2.47. The summed E-state index contributed by atoms with van der Waals surface area (Å²) >= 11 is 0. The number of hydrogen-bond acceptors (Lipinski definition) is 1. The summed E-state index contributed by atoms with van der Waals surface area (Å²) in [5.74, 6) is 1.20. The Balaban J connectivity index is 2.05. The van der Waals surface area contributed by atoms with Gasteiger partial charge in [-0.3, -0.25) is 0 Å². The van der Waals surface area contributed by atoms with E-state index in [2.05, 4.69) is 24.3 Å². The molecule has 58 valence electrons. The quantitative estimate of drug-likeness (QED) is 0.490.